The number of benzene rings is 3. The minimum Gasteiger partial charge on any atom is -0.493 e. The molecule has 9 heteroatoms. The normalized spacial score (nSPS) is 11.0. The summed E-state index contributed by atoms with van der Waals surface area (Å²) >= 11 is 6.25. The Kier molecular flexibility index (Phi) is 6.72. The third-order valence-corrected chi connectivity index (χ3v) is 6.15. The molecule has 0 heterocycles. The SMILES string of the molecule is COc1ccc(NC(=O)c2ccc(NS(=O)(=O)c3ccc(C)cc3)cc2Cl)cc1OC. The molecule has 0 saturated heterocycles. The minimum absolute atomic E-state index is 0.0992. The third kappa shape index (κ3) is 5.28. The number of halogens is 1. The number of ether oxygens (including phenoxy) is 2. The lowest BCUT2D eigenvalue weighted by molar-refractivity contribution is 0.102. The van der Waals surface area contributed by atoms with Crippen LogP contribution < -0.4 is 19.5 Å². The Labute approximate surface area is 186 Å². The van der Waals surface area contributed by atoms with E-state index in [0.717, 1.165) is 5.56 Å². The van der Waals surface area contributed by atoms with Crippen molar-refractivity contribution in [3.05, 3.63) is 76.8 Å². The molecule has 0 radical (unpaired) electrons. The number of anilines is 2. The zero-order valence-corrected chi connectivity index (χ0v) is 18.7. The lowest BCUT2D eigenvalue weighted by Gasteiger charge is -2.12. The highest BCUT2D eigenvalue weighted by Gasteiger charge is 2.17. The van der Waals surface area contributed by atoms with Crippen LogP contribution in [0.25, 0.3) is 0 Å². The molecule has 0 bridgehead atoms. The number of aryl methyl sites for hydroxylation is 1. The van der Waals surface area contributed by atoms with Crippen molar-refractivity contribution in [3.8, 4) is 11.5 Å². The summed E-state index contributed by atoms with van der Waals surface area (Å²) in [7, 11) is -0.763. The highest BCUT2D eigenvalue weighted by atomic mass is 35.5. The molecule has 3 aromatic carbocycles. The molecule has 3 aromatic rings. The molecule has 0 aliphatic rings. The summed E-state index contributed by atoms with van der Waals surface area (Å²) < 4.78 is 37.9. The van der Waals surface area contributed by atoms with E-state index in [4.69, 9.17) is 21.1 Å². The number of amides is 1. The number of rotatable bonds is 7. The molecule has 0 aliphatic heterocycles. The second-order valence-corrected chi connectivity index (χ2v) is 8.73. The van der Waals surface area contributed by atoms with E-state index in [9.17, 15) is 13.2 Å². The number of sulfonamides is 1. The van der Waals surface area contributed by atoms with Crippen molar-refractivity contribution in [1.29, 1.82) is 0 Å². The van der Waals surface area contributed by atoms with Crippen LogP contribution in [0.2, 0.25) is 5.02 Å². The van der Waals surface area contributed by atoms with Gasteiger partial charge in [-0.05, 0) is 49.4 Å². The van der Waals surface area contributed by atoms with Crippen LogP contribution in [-0.2, 0) is 10.0 Å². The fraction of sp³-hybridized carbons (Fsp3) is 0.136. The standard InChI is InChI=1S/C22H21ClN2O5S/c1-14-4-8-17(9-5-14)31(27,28)25-16-6-10-18(19(23)12-16)22(26)24-15-7-11-20(29-2)21(13-15)30-3/h4-13,25H,1-3H3,(H,24,26). The second-order valence-electron chi connectivity index (χ2n) is 6.64. The minimum atomic E-state index is -3.78. The largest absolute Gasteiger partial charge is 0.493 e. The van der Waals surface area contributed by atoms with Crippen molar-refractivity contribution in [3.63, 3.8) is 0 Å². The van der Waals surface area contributed by atoms with Crippen LogP contribution in [0.1, 0.15) is 15.9 Å². The number of nitrogens with one attached hydrogen (secondary N) is 2. The summed E-state index contributed by atoms with van der Waals surface area (Å²) in [6.07, 6.45) is 0. The van der Waals surface area contributed by atoms with Crippen molar-refractivity contribution in [2.75, 3.05) is 24.3 Å². The van der Waals surface area contributed by atoms with Gasteiger partial charge in [0.05, 0.1) is 35.4 Å². The van der Waals surface area contributed by atoms with Crippen LogP contribution >= 0.6 is 11.6 Å². The predicted octanol–water partition coefficient (Wildman–Crippen LogP) is 4.72. The van der Waals surface area contributed by atoms with E-state index < -0.39 is 15.9 Å². The number of carbonyl (C=O) groups is 1. The maximum Gasteiger partial charge on any atom is 0.261 e. The van der Waals surface area contributed by atoms with E-state index in [1.165, 1.54) is 44.6 Å². The average molecular weight is 461 g/mol. The third-order valence-electron chi connectivity index (χ3n) is 4.44. The maximum atomic E-state index is 12.6. The molecule has 2 N–H and O–H groups in total. The molecule has 31 heavy (non-hydrogen) atoms. The van der Waals surface area contributed by atoms with Crippen LogP contribution in [0.15, 0.2) is 65.6 Å². The molecule has 162 valence electrons. The van der Waals surface area contributed by atoms with Gasteiger partial charge in [-0.2, -0.15) is 0 Å². The predicted molar refractivity (Wildman–Crippen MR) is 121 cm³/mol. The Morgan fingerprint density at radius 1 is 0.871 bits per heavy atom. The van der Waals surface area contributed by atoms with Gasteiger partial charge in [-0.1, -0.05) is 29.3 Å². The van der Waals surface area contributed by atoms with Crippen LogP contribution in [0.4, 0.5) is 11.4 Å². The van der Waals surface area contributed by atoms with Gasteiger partial charge < -0.3 is 14.8 Å². The fourth-order valence-electron chi connectivity index (χ4n) is 2.81. The molecule has 0 aromatic heterocycles. The highest BCUT2D eigenvalue weighted by molar-refractivity contribution is 7.92. The first-order chi connectivity index (χ1) is 14.7. The van der Waals surface area contributed by atoms with Gasteiger partial charge in [-0.3, -0.25) is 9.52 Å². The first-order valence-corrected chi connectivity index (χ1v) is 11.0. The summed E-state index contributed by atoms with van der Waals surface area (Å²) in [5.41, 5.74) is 1.87. The second kappa shape index (κ2) is 9.28. The zero-order chi connectivity index (χ0) is 22.6. The molecule has 3 rings (SSSR count). The van der Waals surface area contributed by atoms with Gasteiger partial charge in [0, 0.05) is 11.8 Å². The molecule has 0 aliphatic carbocycles. The molecule has 0 fully saturated rings. The monoisotopic (exact) mass is 460 g/mol. The number of hydrogen-bond donors (Lipinski definition) is 2. The number of hydrogen-bond acceptors (Lipinski definition) is 5. The van der Waals surface area contributed by atoms with Gasteiger partial charge in [-0.15, -0.1) is 0 Å². The van der Waals surface area contributed by atoms with Crippen LogP contribution in [0.5, 0.6) is 11.5 Å². The van der Waals surface area contributed by atoms with Crippen molar-refractivity contribution in [2.24, 2.45) is 0 Å². The quantitative estimate of drug-likeness (QED) is 0.532. The molecular weight excluding hydrogens is 440 g/mol. The first kappa shape index (κ1) is 22.5. The summed E-state index contributed by atoms with van der Waals surface area (Å²) in [6.45, 7) is 1.87. The molecule has 0 saturated carbocycles. The van der Waals surface area contributed by atoms with Gasteiger partial charge in [0.25, 0.3) is 15.9 Å². The first-order valence-electron chi connectivity index (χ1n) is 9.16. The molecule has 0 spiro atoms. The van der Waals surface area contributed by atoms with Crippen molar-refractivity contribution in [1.82, 2.24) is 0 Å². The van der Waals surface area contributed by atoms with Crippen molar-refractivity contribution in [2.45, 2.75) is 11.8 Å². The average Bonchev–Trinajstić information content (AvgIpc) is 2.73. The van der Waals surface area contributed by atoms with Crippen molar-refractivity contribution >= 4 is 38.9 Å². The summed E-state index contributed by atoms with van der Waals surface area (Å²) in [4.78, 5) is 12.8. The van der Waals surface area contributed by atoms with Crippen LogP contribution in [0.3, 0.4) is 0 Å². The molecule has 1 amide bonds. The number of methoxy groups -OCH3 is 2. The van der Waals surface area contributed by atoms with Crippen LogP contribution in [0, 0.1) is 6.92 Å². The van der Waals surface area contributed by atoms with Gasteiger partial charge in [0.1, 0.15) is 0 Å². The lowest BCUT2D eigenvalue weighted by atomic mass is 10.2. The van der Waals surface area contributed by atoms with E-state index in [0.29, 0.717) is 17.2 Å². The van der Waals surface area contributed by atoms with E-state index >= 15 is 0 Å². The Hall–Kier alpha value is -3.23. The summed E-state index contributed by atoms with van der Waals surface area (Å²) in [5.74, 6) is 0.543. The van der Waals surface area contributed by atoms with Gasteiger partial charge in [-0.25, -0.2) is 8.42 Å². The molecular formula is C22H21ClN2O5S. The van der Waals surface area contributed by atoms with E-state index in [1.807, 2.05) is 6.92 Å². The van der Waals surface area contributed by atoms with Crippen molar-refractivity contribution < 1.29 is 22.7 Å². The Bertz CT molecular complexity index is 1210. The Morgan fingerprint density at radius 3 is 2.13 bits per heavy atom. The lowest BCUT2D eigenvalue weighted by Crippen LogP contribution is -2.15. The number of carbonyl (C=O) groups excluding carboxylic acids is 1. The van der Waals surface area contributed by atoms with E-state index in [1.54, 1.807) is 30.3 Å². The highest BCUT2D eigenvalue weighted by Crippen LogP contribution is 2.30. The maximum absolute atomic E-state index is 12.6. The van der Waals surface area contributed by atoms with E-state index in [2.05, 4.69) is 10.0 Å². The zero-order valence-electron chi connectivity index (χ0n) is 17.1. The molecule has 0 unspecified atom stereocenters. The van der Waals surface area contributed by atoms with Gasteiger partial charge in [0.15, 0.2) is 11.5 Å². The fourth-order valence-corrected chi connectivity index (χ4v) is 4.12. The smallest absolute Gasteiger partial charge is 0.261 e. The molecule has 0 atom stereocenters. The van der Waals surface area contributed by atoms with E-state index in [-0.39, 0.29) is 21.2 Å². The Balaban J connectivity index is 1.77. The molecule has 7 nitrogen and oxygen atoms in total. The topological polar surface area (TPSA) is 93.7 Å². The van der Waals surface area contributed by atoms with Gasteiger partial charge in [0.2, 0.25) is 0 Å². The van der Waals surface area contributed by atoms with Crippen LogP contribution in [-0.4, -0.2) is 28.5 Å². The summed E-state index contributed by atoms with van der Waals surface area (Å²) in [6, 6.07) is 15.7. The summed E-state index contributed by atoms with van der Waals surface area (Å²) in [5, 5.41) is 2.83. The van der Waals surface area contributed by atoms with Gasteiger partial charge >= 0.3 is 0 Å². The Morgan fingerprint density at radius 2 is 1.52 bits per heavy atom.